The molecule has 2 aromatic rings. The van der Waals surface area contributed by atoms with Crippen LogP contribution in [0.25, 0.3) is 0 Å². The number of anilines is 1. The summed E-state index contributed by atoms with van der Waals surface area (Å²) in [5.74, 6) is 0.402. The molecule has 6 nitrogen and oxygen atoms in total. The van der Waals surface area contributed by atoms with E-state index in [4.69, 9.17) is 17.0 Å². The van der Waals surface area contributed by atoms with Crippen LogP contribution in [-0.2, 0) is 11.3 Å². The second-order valence-corrected chi connectivity index (χ2v) is 7.72. The van der Waals surface area contributed by atoms with Crippen LogP contribution in [0.5, 0.6) is 0 Å². The molecule has 1 N–H and O–H groups in total. The number of benzene rings is 1. The molecule has 146 valence electrons. The number of pyridine rings is 1. The minimum atomic E-state index is -0.325. The molecule has 0 unspecified atom stereocenters. The fourth-order valence-electron chi connectivity index (χ4n) is 4.17. The molecule has 2 aliphatic rings. The Bertz CT molecular complexity index is 954. The average molecular weight is 398 g/mol. The standard InChI is InChI=1S/C21H23N3O3S/c1-2-27-20(26)15-6-8-17(9-7-15)22-21(28)23-11-14-10-16(13-23)18-4-3-5-19(25)24(18)12-14/h3-9,14,16H,2,10-13H2,1H3,(H,22,28)/t14-,16-/m0/s1. The van der Waals surface area contributed by atoms with Gasteiger partial charge in [0.2, 0.25) is 0 Å². The lowest BCUT2D eigenvalue weighted by Crippen LogP contribution is -2.50. The maximum Gasteiger partial charge on any atom is 0.338 e. The van der Waals surface area contributed by atoms with Gasteiger partial charge in [0.25, 0.3) is 5.56 Å². The molecular weight excluding hydrogens is 374 g/mol. The number of nitrogens with one attached hydrogen (secondary N) is 1. The van der Waals surface area contributed by atoms with Gasteiger partial charge in [0.1, 0.15) is 0 Å². The first-order valence-electron chi connectivity index (χ1n) is 9.58. The molecular formula is C21H23N3O3S. The number of aromatic nitrogens is 1. The Kier molecular flexibility index (Phi) is 5.17. The lowest BCUT2D eigenvalue weighted by atomic mass is 9.83. The van der Waals surface area contributed by atoms with E-state index in [-0.39, 0.29) is 11.5 Å². The zero-order valence-corrected chi connectivity index (χ0v) is 16.6. The van der Waals surface area contributed by atoms with Crippen molar-refractivity contribution in [3.63, 3.8) is 0 Å². The number of fused-ring (bicyclic) bond motifs is 4. The van der Waals surface area contributed by atoms with E-state index >= 15 is 0 Å². The third-order valence-electron chi connectivity index (χ3n) is 5.41. The number of esters is 1. The largest absolute Gasteiger partial charge is 0.462 e. The normalized spacial score (nSPS) is 20.2. The van der Waals surface area contributed by atoms with Gasteiger partial charge in [-0.1, -0.05) is 6.07 Å². The van der Waals surface area contributed by atoms with E-state index in [1.807, 2.05) is 22.8 Å². The Morgan fingerprint density at radius 1 is 1.18 bits per heavy atom. The molecule has 3 heterocycles. The first kappa shape index (κ1) is 18.7. The van der Waals surface area contributed by atoms with Crippen LogP contribution < -0.4 is 10.9 Å². The Balaban J connectivity index is 1.44. The summed E-state index contributed by atoms with van der Waals surface area (Å²) in [5.41, 5.74) is 2.55. The van der Waals surface area contributed by atoms with Crippen molar-refractivity contribution in [3.8, 4) is 0 Å². The van der Waals surface area contributed by atoms with Gasteiger partial charge in [-0.2, -0.15) is 0 Å². The van der Waals surface area contributed by atoms with Crippen LogP contribution in [0.15, 0.2) is 47.3 Å². The molecule has 28 heavy (non-hydrogen) atoms. The summed E-state index contributed by atoms with van der Waals surface area (Å²) in [4.78, 5) is 26.1. The highest BCUT2D eigenvalue weighted by Crippen LogP contribution is 2.35. The zero-order valence-electron chi connectivity index (χ0n) is 15.8. The Labute approximate surface area is 169 Å². The highest BCUT2D eigenvalue weighted by Gasteiger charge is 2.35. The molecule has 0 radical (unpaired) electrons. The molecule has 2 aliphatic heterocycles. The van der Waals surface area contributed by atoms with E-state index < -0.39 is 0 Å². The number of thiocarbonyl (C=S) groups is 1. The third-order valence-corrected chi connectivity index (χ3v) is 5.77. The quantitative estimate of drug-likeness (QED) is 0.635. The van der Waals surface area contributed by atoms with Gasteiger partial charge in [0, 0.05) is 43.0 Å². The Morgan fingerprint density at radius 2 is 1.96 bits per heavy atom. The highest BCUT2D eigenvalue weighted by atomic mass is 32.1. The van der Waals surface area contributed by atoms with E-state index in [1.54, 1.807) is 25.1 Å². The Morgan fingerprint density at radius 3 is 2.71 bits per heavy atom. The number of hydrogen-bond donors (Lipinski definition) is 1. The van der Waals surface area contributed by atoms with Gasteiger partial charge in [-0.05, 0) is 61.8 Å². The van der Waals surface area contributed by atoms with E-state index in [0.717, 1.165) is 37.4 Å². The van der Waals surface area contributed by atoms with Crippen molar-refractivity contribution in [1.82, 2.24) is 9.47 Å². The maximum absolute atomic E-state index is 12.1. The summed E-state index contributed by atoms with van der Waals surface area (Å²) in [6.07, 6.45) is 1.09. The molecule has 1 fully saturated rings. The van der Waals surface area contributed by atoms with Crippen LogP contribution in [0.2, 0.25) is 0 Å². The molecule has 0 amide bonds. The number of ether oxygens (including phenoxy) is 1. The summed E-state index contributed by atoms with van der Waals surface area (Å²) in [6, 6.07) is 12.7. The smallest absolute Gasteiger partial charge is 0.338 e. The van der Waals surface area contributed by atoms with Crippen LogP contribution in [0.1, 0.15) is 35.3 Å². The van der Waals surface area contributed by atoms with Crippen LogP contribution >= 0.6 is 12.2 Å². The molecule has 2 bridgehead atoms. The van der Waals surface area contributed by atoms with E-state index in [2.05, 4.69) is 16.3 Å². The lowest BCUT2D eigenvalue weighted by Gasteiger charge is -2.43. The van der Waals surface area contributed by atoms with Crippen molar-refractivity contribution in [3.05, 3.63) is 64.1 Å². The molecule has 0 spiro atoms. The fourth-order valence-corrected chi connectivity index (χ4v) is 4.44. The first-order chi connectivity index (χ1) is 13.5. The first-order valence-corrected chi connectivity index (χ1v) is 9.99. The number of carbonyl (C=O) groups excluding carboxylic acids is 1. The van der Waals surface area contributed by atoms with Crippen LogP contribution in [0.4, 0.5) is 5.69 Å². The predicted octanol–water partition coefficient (Wildman–Crippen LogP) is 2.84. The lowest BCUT2D eigenvalue weighted by molar-refractivity contribution is 0.0526. The highest BCUT2D eigenvalue weighted by molar-refractivity contribution is 7.80. The molecule has 2 atom stereocenters. The Hall–Kier alpha value is -2.67. The summed E-state index contributed by atoms with van der Waals surface area (Å²) in [7, 11) is 0. The van der Waals surface area contributed by atoms with Gasteiger partial charge in [-0.15, -0.1) is 0 Å². The molecule has 4 rings (SSSR count). The third kappa shape index (κ3) is 3.67. The van der Waals surface area contributed by atoms with Crippen LogP contribution in [0.3, 0.4) is 0 Å². The maximum atomic E-state index is 12.1. The number of likely N-dealkylation sites (tertiary alicyclic amines) is 1. The van der Waals surface area contributed by atoms with Crippen molar-refractivity contribution in [2.24, 2.45) is 5.92 Å². The molecule has 0 aliphatic carbocycles. The molecule has 7 heteroatoms. The summed E-state index contributed by atoms with van der Waals surface area (Å²) in [6.45, 7) is 4.53. The second kappa shape index (κ2) is 7.75. The zero-order chi connectivity index (χ0) is 19.7. The minimum absolute atomic E-state index is 0.0861. The van der Waals surface area contributed by atoms with Gasteiger partial charge in [-0.3, -0.25) is 4.79 Å². The molecule has 1 saturated heterocycles. The SMILES string of the molecule is CCOC(=O)c1ccc(NC(=S)N2C[C@@H]3C[C@@H](C2)c2cccc(=O)n2C3)cc1. The van der Waals surface area contributed by atoms with E-state index in [1.165, 1.54) is 0 Å². The van der Waals surface area contributed by atoms with Gasteiger partial charge in [0.05, 0.1) is 12.2 Å². The van der Waals surface area contributed by atoms with Crippen LogP contribution in [-0.4, -0.2) is 40.2 Å². The topological polar surface area (TPSA) is 63.6 Å². The summed E-state index contributed by atoms with van der Waals surface area (Å²) < 4.78 is 6.92. The monoisotopic (exact) mass is 397 g/mol. The number of hydrogen-bond acceptors (Lipinski definition) is 4. The minimum Gasteiger partial charge on any atom is -0.462 e. The predicted molar refractivity (Wildman–Crippen MR) is 112 cm³/mol. The van der Waals surface area contributed by atoms with Crippen molar-refractivity contribution in [1.29, 1.82) is 0 Å². The van der Waals surface area contributed by atoms with Crippen molar-refractivity contribution in [2.45, 2.75) is 25.8 Å². The van der Waals surface area contributed by atoms with Gasteiger partial charge in [-0.25, -0.2) is 4.79 Å². The van der Waals surface area contributed by atoms with Crippen molar-refractivity contribution < 1.29 is 9.53 Å². The van der Waals surface area contributed by atoms with Crippen molar-refractivity contribution >= 4 is 29.0 Å². The number of carbonyl (C=O) groups is 1. The molecule has 1 aromatic carbocycles. The molecule has 1 aromatic heterocycles. The average Bonchev–Trinajstić information content (AvgIpc) is 2.69. The van der Waals surface area contributed by atoms with Crippen LogP contribution in [0, 0.1) is 5.92 Å². The summed E-state index contributed by atoms with van der Waals surface area (Å²) in [5, 5.41) is 3.94. The number of nitrogens with zero attached hydrogens (tertiary/aromatic N) is 2. The molecule has 0 saturated carbocycles. The summed E-state index contributed by atoms with van der Waals surface area (Å²) >= 11 is 5.64. The number of piperidine rings is 1. The van der Waals surface area contributed by atoms with E-state index in [9.17, 15) is 9.59 Å². The van der Waals surface area contributed by atoms with Crippen molar-refractivity contribution in [2.75, 3.05) is 25.0 Å². The van der Waals surface area contributed by atoms with Gasteiger partial charge >= 0.3 is 5.97 Å². The fraction of sp³-hybridized carbons (Fsp3) is 0.381. The van der Waals surface area contributed by atoms with Gasteiger partial charge < -0.3 is 19.5 Å². The van der Waals surface area contributed by atoms with Gasteiger partial charge in [0.15, 0.2) is 5.11 Å². The van der Waals surface area contributed by atoms with E-state index in [0.29, 0.717) is 29.1 Å². The number of rotatable bonds is 3. The second-order valence-electron chi connectivity index (χ2n) is 7.33.